The maximum absolute atomic E-state index is 9.00. The Labute approximate surface area is 92.4 Å². The van der Waals surface area contributed by atoms with Crippen LogP contribution in [-0.2, 0) is 11.1 Å². The second-order valence-corrected chi connectivity index (χ2v) is 1.20. The molecule has 0 spiro atoms. The first-order valence-electron chi connectivity index (χ1n) is 0.742. The average molecular weight is 212 g/mol. The third kappa shape index (κ3) is 22.8. The summed E-state index contributed by atoms with van der Waals surface area (Å²) >= 11 is -1.86. The normalized spacial score (nSPS) is 12.4. The average Bonchev–Trinajstić information content (AvgIpc) is 0.811. The van der Waals surface area contributed by atoms with Crippen molar-refractivity contribution in [1.29, 1.82) is 0 Å². The second kappa shape index (κ2) is 6.16. The van der Waals surface area contributed by atoms with E-state index in [-0.39, 0.29) is 68.9 Å². The Morgan fingerprint density at radius 1 is 1.80 bits per heavy atom. The molecule has 4 heteroatoms. The van der Waals surface area contributed by atoms with E-state index >= 15 is 0 Å². The van der Waals surface area contributed by atoms with Crippen molar-refractivity contribution in [2.75, 3.05) is 6.26 Å². The summed E-state index contributed by atoms with van der Waals surface area (Å²) in [6, 6.07) is 0. The molecule has 0 aliphatic rings. The van der Waals surface area contributed by atoms with E-state index in [0.29, 0.717) is 0 Å². The van der Waals surface area contributed by atoms with Crippen LogP contribution in [0.2, 0.25) is 0 Å². The van der Waals surface area contributed by atoms with Gasteiger partial charge in [0.25, 0.3) is 0 Å². The minimum Gasteiger partial charge on any atom is -0.773 e. The molecule has 0 saturated heterocycles. The smallest absolute Gasteiger partial charge is 0.773 e. The van der Waals surface area contributed by atoms with Crippen LogP contribution in [0.3, 0.4) is 0 Å². The van der Waals surface area contributed by atoms with Gasteiger partial charge in [-0.1, -0.05) is 11.1 Å². The van der Waals surface area contributed by atoms with Crippen molar-refractivity contribution < 1.29 is 77.7 Å². The van der Waals surface area contributed by atoms with Gasteiger partial charge in [-0.2, -0.15) is 0 Å². The van der Waals surface area contributed by atoms with Gasteiger partial charge in [-0.25, -0.2) is 0 Å². The largest absolute Gasteiger partial charge is 1.00 e. The zero-order valence-corrected chi connectivity index (χ0v) is 10.3. The van der Waals surface area contributed by atoms with Crippen molar-refractivity contribution in [2.24, 2.45) is 0 Å². The van der Waals surface area contributed by atoms with E-state index in [1.54, 1.807) is 0 Å². The maximum atomic E-state index is 9.00. The monoisotopic (exact) mass is 212 g/mol. The van der Waals surface area contributed by atoms with Gasteiger partial charge in [0, 0.05) is 0 Å². The fourth-order valence-corrected chi connectivity index (χ4v) is 0. The molecule has 0 aromatic carbocycles. The fraction of sp³-hybridized carbons (Fsp3) is 1.00. The molecule has 0 rings (SSSR count). The molecule has 0 aliphatic heterocycles. The predicted molar refractivity (Wildman–Crippen MR) is 14.8 cm³/mol. The van der Waals surface area contributed by atoms with Crippen LogP contribution in [0, 0.1) is 0 Å². The molecule has 0 N–H and O–H groups in total. The van der Waals surface area contributed by atoms with E-state index in [2.05, 4.69) is 0 Å². The van der Waals surface area contributed by atoms with Gasteiger partial charge in [0.1, 0.15) is 0 Å². The fourth-order valence-electron chi connectivity index (χ4n) is 0. The molecule has 1 atom stereocenters. The quantitative estimate of drug-likeness (QED) is 0.391. The van der Waals surface area contributed by atoms with E-state index in [1.807, 2.05) is 0 Å². The molecule has 0 aromatic rings. The van der Waals surface area contributed by atoms with Crippen LogP contribution >= 0.6 is 0 Å². The van der Waals surface area contributed by atoms with Crippen molar-refractivity contribution >= 4 is 11.1 Å². The van der Waals surface area contributed by atoms with Crippen molar-refractivity contribution in [3.63, 3.8) is 0 Å². The molecule has 0 bridgehead atoms. The van der Waals surface area contributed by atoms with Crippen LogP contribution in [0.4, 0.5) is 0 Å². The summed E-state index contributed by atoms with van der Waals surface area (Å²) in [6.07, 6.45) is 1.08. The zero-order valence-electron chi connectivity index (χ0n) is 3.22. The summed E-state index contributed by atoms with van der Waals surface area (Å²) in [5.41, 5.74) is 0. The molecule has 2 nitrogen and oxygen atoms in total. The number of hydrogen-bond acceptors (Lipinski definition) is 2. The van der Waals surface area contributed by atoms with Crippen LogP contribution in [-0.4, -0.2) is 15.0 Å². The molecule has 0 saturated carbocycles. The molecule has 0 amide bonds. The van der Waals surface area contributed by atoms with Crippen molar-refractivity contribution in [3.8, 4) is 0 Å². The minimum absolute atomic E-state index is 0. The number of rotatable bonds is 0. The molecular weight excluding hydrogens is 209 g/mol. The summed E-state index contributed by atoms with van der Waals surface area (Å²) in [4.78, 5) is 0. The molecule has 0 aromatic heterocycles. The van der Waals surface area contributed by atoms with Gasteiger partial charge >= 0.3 is 68.9 Å². The third-order valence-electron chi connectivity index (χ3n) is 0. The Kier molecular flexibility index (Phi) is 12.6. The predicted octanol–water partition coefficient (Wildman–Crippen LogP) is -3.50. The number of hydrogen-bond donors (Lipinski definition) is 0. The standard InChI is InChI=1S/CH4O2S.Cs/c1-4(2)3;/h1H3,(H,2,3);/q;+1/p-1. The van der Waals surface area contributed by atoms with E-state index in [0.717, 1.165) is 6.26 Å². The van der Waals surface area contributed by atoms with Gasteiger partial charge in [0.05, 0.1) is 0 Å². The van der Waals surface area contributed by atoms with Crippen LogP contribution < -0.4 is 68.9 Å². The molecular formula is CH3CsO2S. The van der Waals surface area contributed by atoms with Gasteiger partial charge < -0.3 is 4.55 Å². The van der Waals surface area contributed by atoms with Crippen molar-refractivity contribution in [2.45, 2.75) is 0 Å². The Hall–Kier alpha value is 2.16. The van der Waals surface area contributed by atoms with Crippen LogP contribution in [0.25, 0.3) is 0 Å². The van der Waals surface area contributed by atoms with Crippen LogP contribution in [0.1, 0.15) is 0 Å². The molecule has 1 unspecified atom stereocenters. The Morgan fingerprint density at radius 3 is 1.80 bits per heavy atom. The first-order chi connectivity index (χ1) is 1.73. The SMILES string of the molecule is CS(=O)[O-].[Cs+]. The van der Waals surface area contributed by atoms with E-state index in [9.17, 15) is 0 Å². The minimum atomic E-state index is -1.86. The van der Waals surface area contributed by atoms with E-state index in [4.69, 9.17) is 8.76 Å². The molecule has 0 fully saturated rings. The summed E-state index contributed by atoms with van der Waals surface area (Å²) in [5, 5.41) is 0. The maximum Gasteiger partial charge on any atom is 1.00 e. The van der Waals surface area contributed by atoms with Gasteiger partial charge in [0.2, 0.25) is 0 Å². The van der Waals surface area contributed by atoms with Crippen molar-refractivity contribution in [3.05, 3.63) is 0 Å². The topological polar surface area (TPSA) is 40.1 Å². The molecule has 0 radical (unpaired) electrons. The molecule has 0 aliphatic carbocycles. The van der Waals surface area contributed by atoms with E-state index in [1.165, 1.54) is 0 Å². The second-order valence-electron chi connectivity index (χ2n) is 0.401. The Balaban J connectivity index is 0. The summed E-state index contributed by atoms with van der Waals surface area (Å²) in [7, 11) is 0. The van der Waals surface area contributed by atoms with Gasteiger partial charge in [-0.15, -0.1) is 0 Å². The Morgan fingerprint density at radius 2 is 1.80 bits per heavy atom. The molecule has 26 valence electrons. The van der Waals surface area contributed by atoms with E-state index < -0.39 is 11.1 Å². The Bertz CT molecular complexity index is 32.6. The molecule has 0 heterocycles. The van der Waals surface area contributed by atoms with Gasteiger partial charge in [-0.05, 0) is 6.26 Å². The molecule has 5 heavy (non-hydrogen) atoms. The summed E-state index contributed by atoms with van der Waals surface area (Å²) < 4.78 is 18.0. The summed E-state index contributed by atoms with van der Waals surface area (Å²) in [6.45, 7) is 0. The first kappa shape index (κ1) is 10.2. The summed E-state index contributed by atoms with van der Waals surface area (Å²) in [5.74, 6) is 0. The van der Waals surface area contributed by atoms with Gasteiger partial charge in [0.15, 0.2) is 0 Å². The zero-order chi connectivity index (χ0) is 3.58. The van der Waals surface area contributed by atoms with Crippen LogP contribution in [0.5, 0.6) is 0 Å². The van der Waals surface area contributed by atoms with Crippen molar-refractivity contribution in [1.82, 2.24) is 0 Å². The van der Waals surface area contributed by atoms with Crippen LogP contribution in [0.15, 0.2) is 0 Å². The third-order valence-corrected chi connectivity index (χ3v) is 0. The first-order valence-corrected chi connectivity index (χ1v) is 2.22. The van der Waals surface area contributed by atoms with Gasteiger partial charge in [-0.3, -0.25) is 4.21 Å².